The molecule has 0 saturated carbocycles. The van der Waals surface area contributed by atoms with E-state index in [1.165, 1.54) is 19.1 Å². The van der Waals surface area contributed by atoms with Crippen LogP contribution < -0.4 is 10.4 Å². The lowest BCUT2D eigenvalue weighted by Crippen LogP contribution is -2.12. The van der Waals surface area contributed by atoms with E-state index in [2.05, 4.69) is 0 Å². The summed E-state index contributed by atoms with van der Waals surface area (Å²) in [5.41, 5.74) is 2.21. The summed E-state index contributed by atoms with van der Waals surface area (Å²) in [6, 6.07) is 11.0. The number of benzene rings is 2. The third kappa shape index (κ3) is 3.60. The highest BCUT2D eigenvalue weighted by Crippen LogP contribution is 2.26. The van der Waals surface area contributed by atoms with E-state index < -0.39 is 11.6 Å². The molecule has 0 aliphatic heterocycles. The molecule has 0 aliphatic rings. The van der Waals surface area contributed by atoms with Crippen molar-refractivity contribution in [3.63, 3.8) is 0 Å². The van der Waals surface area contributed by atoms with Gasteiger partial charge in [0.05, 0.1) is 0 Å². The molecule has 0 fully saturated rings. The Morgan fingerprint density at radius 2 is 1.84 bits per heavy atom. The van der Waals surface area contributed by atoms with Gasteiger partial charge in [0.25, 0.3) is 0 Å². The van der Waals surface area contributed by atoms with Crippen molar-refractivity contribution >= 4 is 16.9 Å². The van der Waals surface area contributed by atoms with Gasteiger partial charge in [-0.05, 0) is 41.8 Å². The van der Waals surface area contributed by atoms with Gasteiger partial charge in [-0.1, -0.05) is 19.1 Å². The lowest BCUT2D eigenvalue weighted by Gasteiger charge is -2.11. The van der Waals surface area contributed by atoms with Crippen LogP contribution in [0.3, 0.4) is 0 Å². The number of fused-ring (bicyclic) bond motifs is 1. The number of rotatable bonds is 4. The molecule has 0 saturated heterocycles. The van der Waals surface area contributed by atoms with E-state index in [9.17, 15) is 14.0 Å². The monoisotopic (exact) mass is 340 g/mol. The molecule has 25 heavy (non-hydrogen) atoms. The molecule has 0 unspecified atom stereocenters. The fraction of sp³-hybridized carbons (Fsp3) is 0.200. The minimum absolute atomic E-state index is 0.317. The highest BCUT2D eigenvalue weighted by Gasteiger charge is 2.15. The summed E-state index contributed by atoms with van der Waals surface area (Å²) in [6.07, 6.45) is 1.01. The largest absolute Gasteiger partial charge is 0.427 e. The molecular weight excluding hydrogens is 323 g/mol. The summed E-state index contributed by atoms with van der Waals surface area (Å²) in [5, 5.41) is 0.801. The van der Waals surface area contributed by atoms with Crippen LogP contribution in [0.5, 0.6) is 5.75 Å². The van der Waals surface area contributed by atoms with E-state index >= 15 is 0 Å². The Hall–Kier alpha value is -2.95. The van der Waals surface area contributed by atoms with Crippen molar-refractivity contribution in [3.8, 4) is 5.75 Å². The Morgan fingerprint density at radius 1 is 1.12 bits per heavy atom. The van der Waals surface area contributed by atoms with Gasteiger partial charge in [-0.15, -0.1) is 0 Å². The van der Waals surface area contributed by atoms with Crippen molar-refractivity contribution in [3.05, 3.63) is 75.4 Å². The Morgan fingerprint density at radius 3 is 2.48 bits per heavy atom. The van der Waals surface area contributed by atoms with E-state index in [1.54, 1.807) is 30.3 Å². The first-order valence-electron chi connectivity index (χ1n) is 7.99. The maximum Gasteiger partial charge on any atom is 0.340 e. The maximum absolute atomic E-state index is 13.1. The number of aryl methyl sites for hydroxylation is 1. The highest BCUT2D eigenvalue weighted by atomic mass is 19.1. The number of ether oxygens (including phenoxy) is 1. The van der Waals surface area contributed by atoms with Gasteiger partial charge in [0, 0.05) is 30.4 Å². The minimum Gasteiger partial charge on any atom is -0.427 e. The van der Waals surface area contributed by atoms with Crippen molar-refractivity contribution in [2.24, 2.45) is 0 Å². The van der Waals surface area contributed by atoms with Crippen LogP contribution in [0.1, 0.15) is 30.5 Å². The van der Waals surface area contributed by atoms with Crippen LogP contribution >= 0.6 is 0 Å². The quantitative estimate of drug-likeness (QED) is 0.409. The normalized spacial score (nSPS) is 10.8. The molecule has 5 heteroatoms. The summed E-state index contributed by atoms with van der Waals surface area (Å²) < 4.78 is 23.5. The summed E-state index contributed by atoms with van der Waals surface area (Å²) >= 11 is 0. The number of esters is 1. The van der Waals surface area contributed by atoms with Crippen molar-refractivity contribution in [2.75, 3.05) is 0 Å². The van der Waals surface area contributed by atoms with E-state index in [0.717, 1.165) is 16.5 Å². The van der Waals surface area contributed by atoms with Crippen LogP contribution in [-0.2, 0) is 17.6 Å². The van der Waals surface area contributed by atoms with Gasteiger partial charge in [-0.25, -0.2) is 9.18 Å². The van der Waals surface area contributed by atoms with Crippen LogP contribution in [0.15, 0.2) is 51.7 Å². The average Bonchev–Trinajstić information content (AvgIpc) is 2.57. The zero-order chi connectivity index (χ0) is 18.0. The first-order chi connectivity index (χ1) is 12.0. The van der Waals surface area contributed by atoms with Crippen molar-refractivity contribution in [2.45, 2.75) is 26.7 Å². The van der Waals surface area contributed by atoms with E-state index in [1.807, 2.05) is 6.92 Å². The molecule has 0 atom stereocenters. The highest BCUT2D eigenvalue weighted by molar-refractivity contribution is 5.83. The van der Waals surface area contributed by atoms with Crippen LogP contribution in [0.25, 0.3) is 11.0 Å². The third-order valence-electron chi connectivity index (χ3n) is 4.00. The first kappa shape index (κ1) is 16.9. The SMILES string of the molecule is CCc1c(Cc2ccc(F)cc2)c(=O)oc2cc(OC(C)=O)ccc12. The lowest BCUT2D eigenvalue weighted by molar-refractivity contribution is -0.131. The minimum atomic E-state index is -0.439. The molecule has 3 aromatic rings. The van der Waals surface area contributed by atoms with E-state index in [-0.39, 0.29) is 5.82 Å². The smallest absolute Gasteiger partial charge is 0.340 e. The number of halogens is 1. The second-order valence-electron chi connectivity index (χ2n) is 5.76. The van der Waals surface area contributed by atoms with Crippen LogP contribution in [0.4, 0.5) is 4.39 Å². The predicted molar refractivity (Wildman–Crippen MR) is 92.4 cm³/mol. The Bertz CT molecular complexity index is 987. The number of hydrogen-bond donors (Lipinski definition) is 0. The second kappa shape index (κ2) is 6.89. The Balaban J connectivity index is 2.09. The maximum atomic E-state index is 13.1. The molecule has 1 aromatic heterocycles. The molecule has 2 aromatic carbocycles. The molecule has 0 bridgehead atoms. The van der Waals surface area contributed by atoms with Crippen molar-refractivity contribution < 1.29 is 18.3 Å². The van der Waals surface area contributed by atoms with Gasteiger partial charge < -0.3 is 9.15 Å². The molecule has 0 spiro atoms. The molecule has 4 nitrogen and oxygen atoms in total. The fourth-order valence-electron chi connectivity index (χ4n) is 2.90. The van der Waals surface area contributed by atoms with Gasteiger partial charge in [-0.2, -0.15) is 0 Å². The molecule has 3 rings (SSSR count). The van der Waals surface area contributed by atoms with Crippen LogP contribution in [0, 0.1) is 5.82 Å². The molecule has 0 N–H and O–H groups in total. The second-order valence-corrected chi connectivity index (χ2v) is 5.76. The van der Waals surface area contributed by atoms with Gasteiger partial charge >= 0.3 is 11.6 Å². The van der Waals surface area contributed by atoms with Gasteiger partial charge in [0.1, 0.15) is 17.1 Å². The summed E-state index contributed by atoms with van der Waals surface area (Å²) in [6.45, 7) is 3.27. The molecule has 0 radical (unpaired) electrons. The molecule has 0 amide bonds. The van der Waals surface area contributed by atoms with E-state index in [4.69, 9.17) is 9.15 Å². The zero-order valence-corrected chi connectivity index (χ0v) is 14.0. The van der Waals surface area contributed by atoms with Crippen LogP contribution in [-0.4, -0.2) is 5.97 Å². The number of carbonyl (C=O) groups is 1. The topological polar surface area (TPSA) is 56.5 Å². The summed E-state index contributed by atoms with van der Waals surface area (Å²) in [5.74, 6) is -0.426. The first-order valence-corrected chi connectivity index (χ1v) is 7.99. The Kier molecular flexibility index (Phi) is 4.65. The molecule has 128 valence electrons. The summed E-state index contributed by atoms with van der Waals surface area (Å²) in [4.78, 5) is 23.5. The zero-order valence-electron chi connectivity index (χ0n) is 14.0. The van der Waals surface area contributed by atoms with Crippen LogP contribution in [0.2, 0.25) is 0 Å². The number of hydrogen-bond acceptors (Lipinski definition) is 4. The van der Waals surface area contributed by atoms with Crippen molar-refractivity contribution in [1.29, 1.82) is 0 Å². The molecule has 1 heterocycles. The summed E-state index contributed by atoms with van der Waals surface area (Å²) in [7, 11) is 0. The average molecular weight is 340 g/mol. The van der Waals surface area contributed by atoms with Gasteiger partial charge in [0.2, 0.25) is 0 Å². The Labute approximate surface area is 143 Å². The van der Waals surface area contributed by atoms with Gasteiger partial charge in [0.15, 0.2) is 0 Å². The lowest BCUT2D eigenvalue weighted by atomic mass is 9.97. The number of carbonyl (C=O) groups excluding carboxylic acids is 1. The third-order valence-corrected chi connectivity index (χ3v) is 4.00. The fourth-order valence-corrected chi connectivity index (χ4v) is 2.90. The molecule has 0 aliphatic carbocycles. The van der Waals surface area contributed by atoms with E-state index in [0.29, 0.717) is 29.7 Å². The molecular formula is C20H17FO4. The predicted octanol–water partition coefficient (Wildman–Crippen LogP) is 4.01. The standard InChI is InChI=1S/C20H17FO4/c1-3-16-17-9-8-15(24-12(2)22)11-19(17)25-20(23)18(16)10-13-4-6-14(21)7-5-13/h4-9,11H,3,10H2,1-2H3. The van der Waals surface area contributed by atoms with Crippen molar-refractivity contribution in [1.82, 2.24) is 0 Å². The van der Waals surface area contributed by atoms with Gasteiger partial charge in [-0.3, -0.25) is 4.79 Å².